The van der Waals surface area contributed by atoms with E-state index in [1.807, 2.05) is 36.4 Å². The van der Waals surface area contributed by atoms with Crippen molar-refractivity contribution in [1.82, 2.24) is 15.5 Å². The number of halogens is 2. The van der Waals surface area contributed by atoms with Crippen molar-refractivity contribution >= 4 is 29.1 Å². The molecule has 0 aliphatic heterocycles. The van der Waals surface area contributed by atoms with Crippen LogP contribution in [0.15, 0.2) is 54.6 Å². The Bertz CT molecular complexity index is 845. The van der Waals surface area contributed by atoms with Crippen LogP contribution in [0.25, 0.3) is 11.3 Å². The Kier molecular flexibility index (Phi) is 4.65. The number of H-pyrrole nitrogens is 1. The first-order valence-corrected chi connectivity index (χ1v) is 7.72. The van der Waals surface area contributed by atoms with Gasteiger partial charge in [-0.2, -0.15) is 5.10 Å². The molecule has 4 nitrogen and oxygen atoms in total. The van der Waals surface area contributed by atoms with Crippen molar-refractivity contribution in [2.24, 2.45) is 0 Å². The molecule has 2 N–H and O–H groups in total. The Hall–Kier alpha value is -2.30. The number of carbonyl (C=O) groups is 1. The molecule has 6 heteroatoms. The van der Waals surface area contributed by atoms with Gasteiger partial charge in [-0.25, -0.2) is 0 Å². The van der Waals surface area contributed by atoms with Crippen molar-refractivity contribution in [2.45, 2.75) is 6.54 Å². The van der Waals surface area contributed by atoms with Crippen molar-refractivity contribution < 1.29 is 4.79 Å². The summed E-state index contributed by atoms with van der Waals surface area (Å²) in [5.74, 6) is -0.240. The largest absolute Gasteiger partial charge is 0.347 e. The van der Waals surface area contributed by atoms with E-state index in [2.05, 4.69) is 15.5 Å². The van der Waals surface area contributed by atoms with E-state index < -0.39 is 0 Å². The van der Waals surface area contributed by atoms with Crippen molar-refractivity contribution in [3.8, 4) is 11.3 Å². The fourth-order valence-electron chi connectivity index (χ4n) is 2.17. The van der Waals surface area contributed by atoms with Gasteiger partial charge in [0.1, 0.15) is 5.69 Å². The Morgan fingerprint density at radius 2 is 1.91 bits per heavy atom. The molecule has 0 aliphatic carbocycles. The predicted octanol–water partition coefficient (Wildman–Crippen LogP) is 4.31. The van der Waals surface area contributed by atoms with Crippen LogP contribution in [0, 0.1) is 0 Å². The van der Waals surface area contributed by atoms with Gasteiger partial charge in [0.15, 0.2) is 0 Å². The molecule has 3 rings (SSSR count). The summed E-state index contributed by atoms with van der Waals surface area (Å²) in [4.78, 5) is 12.2. The first kappa shape index (κ1) is 15.6. The van der Waals surface area contributed by atoms with Gasteiger partial charge in [0.2, 0.25) is 0 Å². The molecule has 23 heavy (non-hydrogen) atoms. The van der Waals surface area contributed by atoms with E-state index >= 15 is 0 Å². The first-order valence-electron chi connectivity index (χ1n) is 6.96. The third kappa shape index (κ3) is 3.73. The molecule has 116 valence electrons. The Morgan fingerprint density at radius 1 is 1.09 bits per heavy atom. The number of nitrogens with zero attached hydrogens (tertiary/aromatic N) is 1. The summed E-state index contributed by atoms with van der Waals surface area (Å²) in [6, 6.07) is 16.4. The second kappa shape index (κ2) is 6.86. The molecule has 0 aliphatic rings. The maximum Gasteiger partial charge on any atom is 0.269 e. The first-order chi connectivity index (χ1) is 11.1. The van der Waals surface area contributed by atoms with Crippen LogP contribution in [0.1, 0.15) is 16.1 Å². The van der Waals surface area contributed by atoms with Crippen molar-refractivity contribution in [1.29, 1.82) is 0 Å². The number of carbonyl (C=O) groups excluding carboxylic acids is 1. The van der Waals surface area contributed by atoms with Gasteiger partial charge in [-0.15, -0.1) is 0 Å². The summed E-state index contributed by atoms with van der Waals surface area (Å²) < 4.78 is 0. The average molecular weight is 346 g/mol. The maximum atomic E-state index is 12.2. The van der Waals surface area contributed by atoms with Crippen LogP contribution in [-0.4, -0.2) is 16.1 Å². The molecule has 2 aromatic carbocycles. The summed E-state index contributed by atoms with van der Waals surface area (Å²) >= 11 is 12.1. The second-order valence-corrected chi connectivity index (χ2v) is 5.80. The van der Waals surface area contributed by atoms with Gasteiger partial charge in [0.25, 0.3) is 5.91 Å². The number of nitrogens with one attached hydrogen (secondary N) is 2. The Morgan fingerprint density at radius 3 is 2.70 bits per heavy atom. The zero-order valence-corrected chi connectivity index (χ0v) is 13.5. The SMILES string of the molecule is O=C(NCc1cccc(Cl)c1)c1cc(-c2ccccc2Cl)n[nH]1. The number of hydrogen-bond acceptors (Lipinski definition) is 2. The molecule has 0 fully saturated rings. The van der Waals surface area contributed by atoms with Crippen LogP contribution in [0.5, 0.6) is 0 Å². The quantitative estimate of drug-likeness (QED) is 0.739. The number of hydrogen-bond donors (Lipinski definition) is 2. The molecule has 1 aromatic heterocycles. The monoisotopic (exact) mass is 345 g/mol. The number of benzene rings is 2. The minimum atomic E-state index is -0.240. The summed E-state index contributed by atoms with van der Waals surface area (Å²) in [5, 5.41) is 10.9. The van der Waals surface area contributed by atoms with E-state index in [9.17, 15) is 4.79 Å². The van der Waals surface area contributed by atoms with E-state index in [0.717, 1.165) is 11.1 Å². The lowest BCUT2D eigenvalue weighted by Crippen LogP contribution is -2.23. The normalized spacial score (nSPS) is 10.5. The van der Waals surface area contributed by atoms with Gasteiger partial charge < -0.3 is 5.32 Å². The lowest BCUT2D eigenvalue weighted by Gasteiger charge is -2.04. The van der Waals surface area contributed by atoms with Gasteiger partial charge in [0.05, 0.1) is 10.7 Å². The van der Waals surface area contributed by atoms with E-state index in [4.69, 9.17) is 23.2 Å². The average Bonchev–Trinajstić information content (AvgIpc) is 3.03. The molecule has 0 radical (unpaired) electrons. The molecule has 0 unspecified atom stereocenters. The van der Waals surface area contributed by atoms with E-state index in [-0.39, 0.29) is 5.91 Å². The molecule has 3 aromatic rings. The summed E-state index contributed by atoms with van der Waals surface area (Å²) in [7, 11) is 0. The van der Waals surface area contributed by atoms with Crippen LogP contribution >= 0.6 is 23.2 Å². The van der Waals surface area contributed by atoms with Crippen LogP contribution in [0.4, 0.5) is 0 Å². The molecule has 0 saturated heterocycles. The number of amides is 1. The lowest BCUT2D eigenvalue weighted by molar-refractivity contribution is 0.0946. The van der Waals surface area contributed by atoms with Gasteiger partial charge in [-0.05, 0) is 29.8 Å². The van der Waals surface area contributed by atoms with E-state index in [1.54, 1.807) is 18.2 Å². The van der Waals surface area contributed by atoms with Gasteiger partial charge in [-0.3, -0.25) is 9.89 Å². The van der Waals surface area contributed by atoms with Crippen LogP contribution in [0.3, 0.4) is 0 Å². The standard InChI is InChI=1S/C17H13Cl2N3O/c18-12-5-3-4-11(8-12)10-20-17(23)16-9-15(21-22-16)13-6-1-2-7-14(13)19/h1-9H,10H2,(H,20,23)(H,21,22). The smallest absolute Gasteiger partial charge is 0.269 e. The molecule has 1 amide bonds. The third-order valence-electron chi connectivity index (χ3n) is 3.31. The van der Waals surface area contributed by atoms with Gasteiger partial charge in [-0.1, -0.05) is 53.5 Å². The third-order valence-corrected chi connectivity index (χ3v) is 3.88. The fourth-order valence-corrected chi connectivity index (χ4v) is 2.61. The highest BCUT2D eigenvalue weighted by Gasteiger charge is 2.12. The zero-order valence-electron chi connectivity index (χ0n) is 12.0. The highest BCUT2D eigenvalue weighted by Crippen LogP contribution is 2.26. The zero-order chi connectivity index (χ0) is 16.2. The van der Waals surface area contributed by atoms with Crippen molar-refractivity contribution in [3.63, 3.8) is 0 Å². The molecule has 0 atom stereocenters. The second-order valence-electron chi connectivity index (χ2n) is 4.96. The molecular weight excluding hydrogens is 333 g/mol. The van der Waals surface area contributed by atoms with E-state index in [1.165, 1.54) is 0 Å². The molecule has 0 saturated carbocycles. The number of aromatic nitrogens is 2. The topological polar surface area (TPSA) is 57.8 Å². The van der Waals surface area contributed by atoms with Gasteiger partial charge in [0, 0.05) is 17.1 Å². The lowest BCUT2D eigenvalue weighted by atomic mass is 10.1. The summed E-state index contributed by atoms with van der Waals surface area (Å²) in [5.41, 5.74) is 2.71. The number of rotatable bonds is 4. The van der Waals surface area contributed by atoms with Crippen molar-refractivity contribution in [3.05, 3.63) is 75.9 Å². The molecular formula is C17H13Cl2N3O. The van der Waals surface area contributed by atoms with Crippen LogP contribution in [-0.2, 0) is 6.54 Å². The summed E-state index contributed by atoms with van der Waals surface area (Å²) in [6.45, 7) is 0.389. The highest BCUT2D eigenvalue weighted by atomic mass is 35.5. The maximum absolute atomic E-state index is 12.2. The van der Waals surface area contributed by atoms with Crippen LogP contribution in [0.2, 0.25) is 10.0 Å². The minimum Gasteiger partial charge on any atom is -0.347 e. The Balaban J connectivity index is 1.70. The van der Waals surface area contributed by atoms with Crippen LogP contribution < -0.4 is 5.32 Å². The van der Waals surface area contributed by atoms with E-state index in [0.29, 0.717) is 28.0 Å². The molecule has 0 bridgehead atoms. The fraction of sp³-hybridized carbons (Fsp3) is 0.0588. The highest BCUT2D eigenvalue weighted by molar-refractivity contribution is 6.33. The van der Waals surface area contributed by atoms with Crippen molar-refractivity contribution in [2.75, 3.05) is 0 Å². The Labute approximate surface area is 143 Å². The number of aromatic amines is 1. The minimum absolute atomic E-state index is 0.240. The molecule has 1 heterocycles. The predicted molar refractivity (Wildman–Crippen MR) is 91.7 cm³/mol. The molecule has 0 spiro atoms. The van der Waals surface area contributed by atoms with Gasteiger partial charge >= 0.3 is 0 Å². The summed E-state index contributed by atoms with van der Waals surface area (Å²) in [6.07, 6.45) is 0.